The molecule has 0 radical (unpaired) electrons. The van der Waals surface area contributed by atoms with Gasteiger partial charge < -0.3 is 15.8 Å². The Hall–Kier alpha value is -0.0551. The lowest BCUT2D eigenvalue weighted by molar-refractivity contribution is 0.365. The molecule has 1 unspecified atom stereocenters. The molecule has 0 bridgehead atoms. The molecule has 4 N–H and O–H groups in total. The molecular formula is C4H12BNO2. The van der Waals surface area contributed by atoms with Crippen LogP contribution >= 0.6 is 0 Å². The van der Waals surface area contributed by atoms with Crippen LogP contribution in [-0.4, -0.2) is 23.1 Å². The van der Waals surface area contributed by atoms with Crippen LogP contribution in [0.5, 0.6) is 0 Å². The van der Waals surface area contributed by atoms with Crippen molar-refractivity contribution >= 4 is 7.12 Å². The predicted molar refractivity (Wildman–Crippen MR) is 33.0 cm³/mol. The molecule has 0 spiro atoms. The fourth-order valence-corrected chi connectivity index (χ4v) is 0.344. The van der Waals surface area contributed by atoms with Gasteiger partial charge in [0.2, 0.25) is 0 Å². The van der Waals surface area contributed by atoms with Crippen LogP contribution in [0.1, 0.15) is 13.8 Å². The molecule has 0 aromatic heterocycles. The van der Waals surface area contributed by atoms with Gasteiger partial charge in [0.25, 0.3) is 0 Å². The van der Waals surface area contributed by atoms with Crippen molar-refractivity contribution in [1.82, 2.24) is 0 Å². The van der Waals surface area contributed by atoms with Crippen LogP contribution in [0.15, 0.2) is 0 Å². The molecule has 8 heavy (non-hydrogen) atoms. The van der Waals surface area contributed by atoms with Crippen molar-refractivity contribution in [2.45, 2.75) is 19.8 Å². The molecule has 0 saturated carbocycles. The summed E-state index contributed by atoms with van der Waals surface area (Å²) in [5, 5.41) is 16.8. The quantitative estimate of drug-likeness (QED) is 0.405. The van der Waals surface area contributed by atoms with Crippen molar-refractivity contribution in [1.29, 1.82) is 0 Å². The fourth-order valence-electron chi connectivity index (χ4n) is 0.344. The minimum absolute atomic E-state index is 0.120. The second-order valence-corrected chi connectivity index (χ2v) is 2.23. The van der Waals surface area contributed by atoms with Crippen LogP contribution in [0.3, 0.4) is 0 Å². The summed E-state index contributed by atoms with van der Waals surface area (Å²) in [7, 11) is -1.38. The second-order valence-electron chi connectivity index (χ2n) is 2.23. The van der Waals surface area contributed by atoms with Crippen LogP contribution in [-0.2, 0) is 0 Å². The maximum Gasteiger partial charge on any atom is 0.469 e. The minimum atomic E-state index is -1.38. The van der Waals surface area contributed by atoms with E-state index < -0.39 is 13.1 Å². The van der Waals surface area contributed by atoms with E-state index >= 15 is 0 Å². The molecule has 0 heterocycles. The fraction of sp³-hybridized carbons (Fsp3) is 1.00. The zero-order valence-electron chi connectivity index (χ0n) is 5.20. The van der Waals surface area contributed by atoms with Gasteiger partial charge in [-0.15, -0.1) is 0 Å². The van der Waals surface area contributed by atoms with E-state index in [0.29, 0.717) is 0 Å². The first-order valence-corrected chi connectivity index (χ1v) is 2.67. The van der Waals surface area contributed by atoms with Gasteiger partial charge >= 0.3 is 7.12 Å². The highest BCUT2D eigenvalue weighted by molar-refractivity contribution is 6.43. The summed E-state index contributed by atoms with van der Waals surface area (Å²) < 4.78 is 0. The molecule has 0 saturated heterocycles. The molecule has 0 fully saturated rings. The van der Waals surface area contributed by atoms with E-state index in [2.05, 4.69) is 0 Å². The number of rotatable bonds is 2. The summed E-state index contributed by atoms with van der Waals surface area (Å²) in [4.78, 5) is 0. The van der Waals surface area contributed by atoms with Crippen molar-refractivity contribution in [2.75, 3.05) is 0 Å². The van der Waals surface area contributed by atoms with Gasteiger partial charge in [0.15, 0.2) is 0 Å². The van der Waals surface area contributed by atoms with Gasteiger partial charge in [-0.05, 0) is 5.92 Å². The highest BCUT2D eigenvalue weighted by atomic mass is 16.4. The molecule has 48 valence electrons. The van der Waals surface area contributed by atoms with Crippen molar-refractivity contribution in [2.24, 2.45) is 11.7 Å². The summed E-state index contributed by atoms with van der Waals surface area (Å²) in [5.74, 6) is -0.398. The smallest absolute Gasteiger partial charge is 0.426 e. The zero-order chi connectivity index (χ0) is 6.73. The van der Waals surface area contributed by atoms with E-state index in [1.165, 1.54) is 0 Å². The molecule has 0 aromatic carbocycles. The molecular weight excluding hydrogens is 105 g/mol. The molecule has 0 aliphatic heterocycles. The standard InChI is InChI=1S/C4H12BNO2/c1-3(2)4(6)5(7)8/h3-4,7-8H,6H2,1-2H3. The molecule has 1 atom stereocenters. The Morgan fingerprint density at radius 3 is 1.75 bits per heavy atom. The number of nitrogens with two attached hydrogens (primary N) is 1. The third-order valence-electron chi connectivity index (χ3n) is 1.11. The van der Waals surface area contributed by atoms with Gasteiger partial charge in [-0.1, -0.05) is 13.8 Å². The van der Waals surface area contributed by atoms with Gasteiger partial charge in [0.05, 0.1) is 0 Å². The van der Waals surface area contributed by atoms with Gasteiger partial charge in [0, 0.05) is 5.94 Å². The Morgan fingerprint density at radius 2 is 1.75 bits per heavy atom. The zero-order valence-corrected chi connectivity index (χ0v) is 5.20. The molecule has 0 aliphatic carbocycles. The molecule has 0 aromatic rings. The lowest BCUT2D eigenvalue weighted by atomic mass is 9.74. The minimum Gasteiger partial charge on any atom is -0.426 e. The molecule has 0 aliphatic rings. The lowest BCUT2D eigenvalue weighted by Gasteiger charge is -2.12. The van der Waals surface area contributed by atoms with E-state index in [-0.39, 0.29) is 5.92 Å². The lowest BCUT2D eigenvalue weighted by Crippen LogP contribution is -2.42. The Labute approximate surface area is 49.7 Å². The number of hydrogen-bond donors (Lipinski definition) is 3. The summed E-state index contributed by atoms with van der Waals surface area (Å²) in [6, 6.07) is 0. The van der Waals surface area contributed by atoms with Crippen molar-refractivity contribution in [3.63, 3.8) is 0 Å². The van der Waals surface area contributed by atoms with Gasteiger partial charge in [-0.3, -0.25) is 0 Å². The monoisotopic (exact) mass is 117 g/mol. The third-order valence-corrected chi connectivity index (χ3v) is 1.11. The maximum absolute atomic E-state index is 8.42. The van der Waals surface area contributed by atoms with Gasteiger partial charge in [-0.2, -0.15) is 0 Å². The van der Waals surface area contributed by atoms with Crippen molar-refractivity contribution in [3.8, 4) is 0 Å². The van der Waals surface area contributed by atoms with Crippen molar-refractivity contribution in [3.05, 3.63) is 0 Å². The largest absolute Gasteiger partial charge is 0.469 e. The Kier molecular flexibility index (Phi) is 3.05. The summed E-state index contributed by atoms with van der Waals surface area (Å²) in [5.41, 5.74) is 5.26. The van der Waals surface area contributed by atoms with Crippen LogP contribution in [0, 0.1) is 5.92 Å². The van der Waals surface area contributed by atoms with Crippen molar-refractivity contribution < 1.29 is 10.0 Å². The van der Waals surface area contributed by atoms with E-state index in [1.54, 1.807) is 0 Å². The maximum atomic E-state index is 8.42. The summed E-state index contributed by atoms with van der Waals surface area (Å²) in [6.07, 6.45) is 0. The summed E-state index contributed by atoms with van der Waals surface area (Å²) in [6.45, 7) is 3.67. The number of hydrogen-bond acceptors (Lipinski definition) is 3. The molecule has 4 heteroatoms. The first kappa shape index (κ1) is 7.94. The van der Waals surface area contributed by atoms with E-state index in [4.69, 9.17) is 15.8 Å². The third kappa shape index (κ3) is 2.30. The molecule has 0 amide bonds. The topological polar surface area (TPSA) is 66.5 Å². The molecule has 0 rings (SSSR count). The first-order chi connectivity index (χ1) is 3.55. The molecule has 3 nitrogen and oxygen atoms in total. The van der Waals surface area contributed by atoms with E-state index in [0.717, 1.165) is 0 Å². The van der Waals surface area contributed by atoms with Crippen LogP contribution in [0.2, 0.25) is 0 Å². The van der Waals surface area contributed by atoms with Crippen LogP contribution in [0.25, 0.3) is 0 Å². The Balaban J connectivity index is 3.46. The average Bonchev–Trinajstić information content (AvgIpc) is 1.64. The SMILES string of the molecule is CC(C)C(N)B(O)O. The van der Waals surface area contributed by atoms with Gasteiger partial charge in [0.1, 0.15) is 0 Å². The normalized spacial score (nSPS) is 14.2. The highest BCUT2D eigenvalue weighted by Crippen LogP contribution is 1.97. The van der Waals surface area contributed by atoms with E-state index in [1.807, 2.05) is 13.8 Å². The summed E-state index contributed by atoms with van der Waals surface area (Å²) >= 11 is 0. The Morgan fingerprint density at radius 1 is 1.38 bits per heavy atom. The first-order valence-electron chi connectivity index (χ1n) is 2.67. The van der Waals surface area contributed by atoms with Crippen LogP contribution < -0.4 is 5.73 Å². The van der Waals surface area contributed by atoms with E-state index in [9.17, 15) is 0 Å². The van der Waals surface area contributed by atoms with Gasteiger partial charge in [-0.25, -0.2) is 0 Å². The van der Waals surface area contributed by atoms with Crippen LogP contribution in [0.4, 0.5) is 0 Å². The average molecular weight is 117 g/mol. The Bertz CT molecular complexity index is 59.1. The second kappa shape index (κ2) is 3.07. The highest BCUT2D eigenvalue weighted by Gasteiger charge is 2.21. The predicted octanol–water partition coefficient (Wildman–Crippen LogP) is -1.02.